The van der Waals surface area contributed by atoms with Gasteiger partial charge in [-0.3, -0.25) is 9.59 Å². The lowest BCUT2D eigenvalue weighted by Gasteiger charge is -2.17. The minimum absolute atomic E-state index is 0.0594. The van der Waals surface area contributed by atoms with Gasteiger partial charge in [-0.15, -0.1) is 0 Å². The Kier molecular flexibility index (Phi) is 7.31. The van der Waals surface area contributed by atoms with Crippen molar-refractivity contribution in [3.63, 3.8) is 0 Å². The summed E-state index contributed by atoms with van der Waals surface area (Å²) in [5.74, 6) is -0.883. The Balaban J connectivity index is 1.53. The first-order valence-electron chi connectivity index (χ1n) is 10.9. The third-order valence-electron chi connectivity index (χ3n) is 5.59. The normalized spacial score (nSPS) is 14.0. The zero-order valence-electron chi connectivity index (χ0n) is 18.3. The number of amides is 2. The van der Waals surface area contributed by atoms with Gasteiger partial charge in [-0.25, -0.2) is 8.42 Å². The first-order chi connectivity index (χ1) is 16.4. The number of nitrogens with one attached hydrogen (secondary N) is 2. The number of nitrogens with zero attached hydrogens (tertiary/aromatic N) is 1. The highest BCUT2D eigenvalue weighted by Crippen LogP contribution is 2.28. The van der Waals surface area contributed by atoms with Gasteiger partial charge in [-0.1, -0.05) is 54.1 Å². The van der Waals surface area contributed by atoms with Crippen molar-refractivity contribution in [2.45, 2.75) is 24.3 Å². The van der Waals surface area contributed by atoms with Crippen LogP contribution in [0.25, 0.3) is 0 Å². The average molecular weight is 498 g/mol. The van der Waals surface area contributed by atoms with E-state index in [9.17, 15) is 18.0 Å². The van der Waals surface area contributed by atoms with E-state index >= 15 is 0 Å². The van der Waals surface area contributed by atoms with E-state index in [0.29, 0.717) is 30.9 Å². The summed E-state index contributed by atoms with van der Waals surface area (Å²) in [4.78, 5) is 25.7. The maximum absolute atomic E-state index is 13.0. The zero-order chi connectivity index (χ0) is 24.1. The topological polar surface area (TPSA) is 95.6 Å². The summed E-state index contributed by atoms with van der Waals surface area (Å²) < 4.78 is 27.3. The molecule has 1 fully saturated rings. The smallest absolute Gasteiger partial charge is 0.255 e. The van der Waals surface area contributed by atoms with Gasteiger partial charge >= 0.3 is 0 Å². The molecule has 34 heavy (non-hydrogen) atoms. The van der Waals surface area contributed by atoms with Crippen molar-refractivity contribution in [3.05, 3.63) is 94.5 Å². The Labute approximate surface area is 203 Å². The predicted octanol–water partition coefficient (Wildman–Crippen LogP) is 4.31. The van der Waals surface area contributed by atoms with Crippen LogP contribution in [0.15, 0.2) is 77.7 Å². The lowest BCUT2D eigenvalue weighted by atomic mass is 10.1. The van der Waals surface area contributed by atoms with Crippen LogP contribution in [0.2, 0.25) is 5.02 Å². The molecule has 0 bridgehead atoms. The van der Waals surface area contributed by atoms with E-state index in [1.54, 1.807) is 24.3 Å². The quantitative estimate of drug-likeness (QED) is 0.508. The van der Waals surface area contributed by atoms with Gasteiger partial charge in [0, 0.05) is 25.2 Å². The van der Waals surface area contributed by atoms with Crippen molar-refractivity contribution in [3.8, 4) is 0 Å². The Morgan fingerprint density at radius 3 is 2.29 bits per heavy atom. The minimum atomic E-state index is -3.80. The van der Waals surface area contributed by atoms with E-state index in [1.807, 2.05) is 30.3 Å². The Hall–Kier alpha value is -3.20. The molecule has 7 nitrogen and oxygen atoms in total. The standard InChI is InChI=1S/C25H24ClN3O4S/c26-21-13-12-19(16-23(21)34(32,33)29-14-6-7-15-29)24(30)28-22-11-5-4-10-20(22)25(31)27-17-18-8-2-1-3-9-18/h1-5,8-13,16H,6-7,14-15,17H2,(H,27,31)(H,28,30). The maximum Gasteiger partial charge on any atom is 0.255 e. The van der Waals surface area contributed by atoms with Gasteiger partial charge in [0.1, 0.15) is 4.90 Å². The number of hydrogen-bond donors (Lipinski definition) is 2. The lowest BCUT2D eigenvalue weighted by molar-refractivity contribution is 0.0951. The highest BCUT2D eigenvalue weighted by atomic mass is 35.5. The fourth-order valence-corrected chi connectivity index (χ4v) is 5.79. The number of carbonyl (C=O) groups is 2. The summed E-state index contributed by atoms with van der Waals surface area (Å²) in [6.45, 7) is 1.21. The summed E-state index contributed by atoms with van der Waals surface area (Å²) >= 11 is 6.19. The highest BCUT2D eigenvalue weighted by Gasteiger charge is 2.30. The number of anilines is 1. The monoisotopic (exact) mass is 497 g/mol. The molecule has 1 aliphatic heterocycles. The molecule has 4 rings (SSSR count). The molecule has 9 heteroatoms. The largest absolute Gasteiger partial charge is 0.348 e. The minimum Gasteiger partial charge on any atom is -0.348 e. The van der Waals surface area contributed by atoms with Crippen LogP contribution in [-0.2, 0) is 16.6 Å². The molecular weight excluding hydrogens is 474 g/mol. The molecule has 0 aromatic heterocycles. The van der Waals surface area contributed by atoms with E-state index in [4.69, 9.17) is 11.6 Å². The van der Waals surface area contributed by atoms with E-state index in [0.717, 1.165) is 18.4 Å². The summed E-state index contributed by atoms with van der Waals surface area (Å²) in [5.41, 5.74) is 1.69. The molecule has 2 amide bonds. The second-order valence-corrected chi connectivity index (χ2v) is 10.2. The van der Waals surface area contributed by atoms with Crippen molar-refractivity contribution >= 4 is 39.1 Å². The lowest BCUT2D eigenvalue weighted by Crippen LogP contribution is -2.28. The van der Waals surface area contributed by atoms with Gasteiger partial charge in [0.2, 0.25) is 10.0 Å². The first kappa shape index (κ1) is 23.9. The molecule has 0 spiro atoms. The number of benzene rings is 3. The highest BCUT2D eigenvalue weighted by molar-refractivity contribution is 7.89. The molecule has 0 saturated carbocycles. The van der Waals surface area contributed by atoms with Crippen molar-refractivity contribution in [1.82, 2.24) is 9.62 Å². The Morgan fingerprint density at radius 1 is 0.882 bits per heavy atom. The van der Waals surface area contributed by atoms with E-state index in [1.165, 1.54) is 22.5 Å². The molecule has 176 valence electrons. The molecule has 3 aromatic carbocycles. The number of para-hydroxylation sites is 1. The fourth-order valence-electron chi connectivity index (χ4n) is 3.77. The predicted molar refractivity (Wildman–Crippen MR) is 131 cm³/mol. The van der Waals surface area contributed by atoms with Gasteiger partial charge in [0.05, 0.1) is 16.3 Å². The van der Waals surface area contributed by atoms with Crippen molar-refractivity contribution < 1.29 is 18.0 Å². The van der Waals surface area contributed by atoms with Crippen LogP contribution >= 0.6 is 11.6 Å². The van der Waals surface area contributed by atoms with Crippen molar-refractivity contribution in [2.75, 3.05) is 18.4 Å². The van der Waals surface area contributed by atoms with E-state index < -0.39 is 15.9 Å². The molecule has 3 aromatic rings. The summed E-state index contributed by atoms with van der Waals surface area (Å²) in [6.07, 6.45) is 1.58. The maximum atomic E-state index is 13.0. The van der Waals surface area contributed by atoms with Crippen LogP contribution in [0, 0.1) is 0 Å². The SMILES string of the molecule is O=C(Nc1ccccc1C(=O)NCc1ccccc1)c1ccc(Cl)c(S(=O)(=O)N2CCCC2)c1. The molecule has 0 atom stereocenters. The summed E-state index contributed by atoms with van der Waals surface area (Å²) in [5, 5.41) is 5.63. The summed E-state index contributed by atoms with van der Waals surface area (Å²) in [6, 6.07) is 20.3. The molecule has 1 heterocycles. The third-order valence-corrected chi connectivity index (χ3v) is 7.97. The second kappa shape index (κ2) is 10.4. The van der Waals surface area contributed by atoms with Crippen LogP contribution in [0.5, 0.6) is 0 Å². The van der Waals surface area contributed by atoms with Gasteiger partial charge in [0.25, 0.3) is 11.8 Å². The van der Waals surface area contributed by atoms with Crippen molar-refractivity contribution in [1.29, 1.82) is 0 Å². The molecule has 0 radical (unpaired) electrons. The Morgan fingerprint density at radius 2 is 1.56 bits per heavy atom. The fraction of sp³-hybridized carbons (Fsp3) is 0.200. The number of carbonyl (C=O) groups excluding carboxylic acids is 2. The molecule has 1 aliphatic rings. The van der Waals surface area contributed by atoms with Gasteiger partial charge < -0.3 is 10.6 Å². The number of sulfonamides is 1. The van der Waals surface area contributed by atoms with Crippen LogP contribution in [0.1, 0.15) is 39.1 Å². The van der Waals surface area contributed by atoms with E-state index in [2.05, 4.69) is 10.6 Å². The van der Waals surface area contributed by atoms with Gasteiger partial charge in [-0.2, -0.15) is 4.31 Å². The van der Waals surface area contributed by atoms with Gasteiger partial charge in [0.15, 0.2) is 0 Å². The average Bonchev–Trinajstić information content (AvgIpc) is 3.40. The molecular formula is C25H24ClN3O4S. The molecule has 1 saturated heterocycles. The zero-order valence-corrected chi connectivity index (χ0v) is 19.9. The van der Waals surface area contributed by atoms with Crippen molar-refractivity contribution in [2.24, 2.45) is 0 Å². The second-order valence-electron chi connectivity index (χ2n) is 7.92. The van der Waals surface area contributed by atoms with Crippen LogP contribution < -0.4 is 10.6 Å². The van der Waals surface area contributed by atoms with Crippen LogP contribution in [0.3, 0.4) is 0 Å². The van der Waals surface area contributed by atoms with Crippen LogP contribution in [-0.4, -0.2) is 37.6 Å². The van der Waals surface area contributed by atoms with E-state index in [-0.39, 0.29) is 21.4 Å². The summed E-state index contributed by atoms with van der Waals surface area (Å²) in [7, 11) is -3.80. The number of hydrogen-bond acceptors (Lipinski definition) is 4. The number of halogens is 1. The van der Waals surface area contributed by atoms with Gasteiger partial charge in [-0.05, 0) is 48.7 Å². The first-order valence-corrected chi connectivity index (χ1v) is 12.7. The Bertz CT molecular complexity index is 1310. The molecule has 0 unspecified atom stereocenters. The molecule has 2 N–H and O–H groups in total. The van der Waals surface area contributed by atoms with Crippen LogP contribution in [0.4, 0.5) is 5.69 Å². The third kappa shape index (κ3) is 5.30. The number of rotatable bonds is 7. The molecule has 0 aliphatic carbocycles.